The number of thiazole rings is 1. The van der Waals surface area contributed by atoms with Crippen LogP contribution < -0.4 is 5.32 Å². The number of benzene rings is 2. The van der Waals surface area contributed by atoms with E-state index in [1.165, 1.54) is 29.7 Å². The average molecular weight is 390 g/mol. The first-order chi connectivity index (χ1) is 12.1. The van der Waals surface area contributed by atoms with Gasteiger partial charge in [0.25, 0.3) is 0 Å². The molecule has 3 aromatic rings. The molecule has 25 heavy (non-hydrogen) atoms. The van der Waals surface area contributed by atoms with E-state index in [1.807, 2.05) is 5.38 Å². The van der Waals surface area contributed by atoms with Crippen molar-refractivity contribution in [2.24, 2.45) is 0 Å². The summed E-state index contributed by atoms with van der Waals surface area (Å²) in [4.78, 5) is 4.44. The fourth-order valence-electron chi connectivity index (χ4n) is 2.06. The van der Waals surface area contributed by atoms with Crippen LogP contribution in [0.1, 0.15) is 5.01 Å². The molecule has 124 valence electrons. The standard InChI is InChI=1S/C18H10Cl2FN3S/c19-14-2-1-3-15(17(14)20)23-9-12(8-22)18-24-16(10-25-18)11-4-6-13(21)7-5-11/h1-7,9-10,23H/b12-9-. The third-order valence-corrected chi connectivity index (χ3v) is 5.01. The molecule has 7 heteroatoms. The number of nitrogens with zero attached hydrogens (tertiary/aromatic N) is 2. The van der Waals surface area contributed by atoms with Gasteiger partial charge in [-0.1, -0.05) is 29.3 Å². The van der Waals surface area contributed by atoms with Crippen LogP contribution in [0.15, 0.2) is 54.0 Å². The Labute approximate surface area is 158 Å². The van der Waals surface area contributed by atoms with Gasteiger partial charge in [-0.25, -0.2) is 9.37 Å². The maximum Gasteiger partial charge on any atom is 0.136 e. The topological polar surface area (TPSA) is 48.7 Å². The van der Waals surface area contributed by atoms with Crippen LogP contribution in [0, 0.1) is 17.1 Å². The normalized spacial score (nSPS) is 11.2. The number of halogens is 3. The van der Waals surface area contributed by atoms with E-state index in [-0.39, 0.29) is 5.82 Å². The third kappa shape index (κ3) is 3.99. The van der Waals surface area contributed by atoms with E-state index in [2.05, 4.69) is 16.4 Å². The van der Waals surface area contributed by atoms with Gasteiger partial charge < -0.3 is 5.32 Å². The number of nitriles is 1. The molecule has 0 atom stereocenters. The second-order valence-electron chi connectivity index (χ2n) is 4.96. The molecule has 1 N–H and O–H groups in total. The van der Waals surface area contributed by atoms with Crippen molar-refractivity contribution in [3.8, 4) is 17.3 Å². The van der Waals surface area contributed by atoms with Crippen molar-refractivity contribution in [1.82, 2.24) is 4.98 Å². The van der Waals surface area contributed by atoms with Crippen LogP contribution in [-0.4, -0.2) is 4.98 Å². The molecule has 0 aliphatic rings. The van der Waals surface area contributed by atoms with Crippen LogP contribution in [0.25, 0.3) is 16.8 Å². The van der Waals surface area contributed by atoms with Crippen LogP contribution in [0.5, 0.6) is 0 Å². The molecule has 0 spiro atoms. The quantitative estimate of drug-likeness (QED) is 0.537. The molecule has 0 unspecified atom stereocenters. The first-order valence-corrected chi connectivity index (χ1v) is 8.74. The number of anilines is 1. The molecular formula is C18H10Cl2FN3S. The zero-order valence-electron chi connectivity index (χ0n) is 12.6. The number of nitrogens with one attached hydrogen (secondary N) is 1. The summed E-state index contributed by atoms with van der Waals surface area (Å²) in [7, 11) is 0. The van der Waals surface area contributed by atoms with Crippen molar-refractivity contribution >= 4 is 45.8 Å². The van der Waals surface area contributed by atoms with Crippen molar-refractivity contribution in [3.05, 3.63) is 74.9 Å². The Morgan fingerprint density at radius 2 is 1.96 bits per heavy atom. The molecule has 0 amide bonds. The maximum absolute atomic E-state index is 13.0. The number of allylic oxidation sites excluding steroid dienone is 1. The summed E-state index contributed by atoms with van der Waals surface area (Å²) in [5.74, 6) is -0.306. The molecule has 0 bridgehead atoms. The number of rotatable bonds is 4. The molecule has 0 aliphatic carbocycles. The zero-order valence-corrected chi connectivity index (χ0v) is 15.0. The molecular weight excluding hydrogens is 380 g/mol. The van der Waals surface area contributed by atoms with Crippen LogP contribution in [0.4, 0.5) is 10.1 Å². The molecule has 1 heterocycles. The minimum atomic E-state index is -0.306. The Kier molecular flexibility index (Phi) is 5.34. The largest absolute Gasteiger partial charge is 0.359 e. The molecule has 3 nitrogen and oxygen atoms in total. The van der Waals surface area contributed by atoms with Gasteiger partial charge in [-0.05, 0) is 36.4 Å². The van der Waals surface area contributed by atoms with E-state index >= 15 is 0 Å². The second-order valence-corrected chi connectivity index (χ2v) is 6.60. The van der Waals surface area contributed by atoms with Gasteiger partial charge in [-0.2, -0.15) is 5.26 Å². The van der Waals surface area contributed by atoms with E-state index in [0.29, 0.717) is 32.0 Å². The van der Waals surface area contributed by atoms with Gasteiger partial charge in [0, 0.05) is 17.1 Å². The predicted molar refractivity (Wildman–Crippen MR) is 101 cm³/mol. The molecule has 0 aliphatic heterocycles. The van der Waals surface area contributed by atoms with E-state index in [4.69, 9.17) is 23.2 Å². The summed E-state index contributed by atoms with van der Waals surface area (Å²) >= 11 is 13.4. The highest BCUT2D eigenvalue weighted by atomic mass is 35.5. The van der Waals surface area contributed by atoms with Gasteiger partial charge in [-0.15, -0.1) is 11.3 Å². The van der Waals surface area contributed by atoms with Crippen LogP contribution >= 0.6 is 34.5 Å². The minimum absolute atomic E-state index is 0.306. The fraction of sp³-hybridized carbons (Fsp3) is 0. The lowest BCUT2D eigenvalue weighted by Gasteiger charge is -2.05. The molecule has 1 aromatic heterocycles. The molecule has 0 saturated carbocycles. The van der Waals surface area contributed by atoms with Crippen molar-refractivity contribution in [2.75, 3.05) is 5.32 Å². The highest BCUT2D eigenvalue weighted by Crippen LogP contribution is 2.30. The van der Waals surface area contributed by atoms with Crippen LogP contribution in [0.2, 0.25) is 10.0 Å². The Balaban J connectivity index is 1.85. The number of aromatic nitrogens is 1. The molecule has 0 radical (unpaired) electrons. The van der Waals surface area contributed by atoms with Gasteiger partial charge in [0.05, 0.1) is 21.4 Å². The lowest BCUT2D eigenvalue weighted by molar-refractivity contribution is 0.628. The minimum Gasteiger partial charge on any atom is -0.359 e. The molecule has 2 aromatic carbocycles. The Hall–Kier alpha value is -2.39. The molecule has 3 rings (SSSR count). The molecule has 0 saturated heterocycles. The SMILES string of the molecule is N#C/C(=C/Nc1cccc(Cl)c1Cl)c1nc(-c2ccc(F)cc2)cs1. The summed E-state index contributed by atoms with van der Waals surface area (Å²) in [5.41, 5.74) is 2.42. The van der Waals surface area contributed by atoms with Gasteiger partial charge >= 0.3 is 0 Å². The fourth-order valence-corrected chi connectivity index (χ4v) is 3.21. The van der Waals surface area contributed by atoms with Crippen molar-refractivity contribution in [2.45, 2.75) is 0 Å². The monoisotopic (exact) mass is 389 g/mol. The average Bonchev–Trinajstić information content (AvgIpc) is 3.09. The second kappa shape index (κ2) is 7.66. The summed E-state index contributed by atoms with van der Waals surface area (Å²) in [6, 6.07) is 13.3. The lowest BCUT2D eigenvalue weighted by Crippen LogP contribution is -1.92. The summed E-state index contributed by atoms with van der Waals surface area (Å²) < 4.78 is 13.0. The smallest absolute Gasteiger partial charge is 0.136 e. The van der Waals surface area contributed by atoms with Crippen molar-refractivity contribution in [1.29, 1.82) is 5.26 Å². The Morgan fingerprint density at radius 1 is 1.20 bits per heavy atom. The number of hydrogen-bond donors (Lipinski definition) is 1. The van der Waals surface area contributed by atoms with Crippen molar-refractivity contribution < 1.29 is 4.39 Å². The van der Waals surface area contributed by atoms with E-state index < -0.39 is 0 Å². The summed E-state index contributed by atoms with van der Waals surface area (Å²) in [6.07, 6.45) is 1.53. The first kappa shape index (κ1) is 17.4. The summed E-state index contributed by atoms with van der Waals surface area (Å²) in [5, 5.41) is 15.5. The van der Waals surface area contributed by atoms with Gasteiger partial charge in [0.1, 0.15) is 22.5 Å². The highest BCUT2D eigenvalue weighted by Gasteiger charge is 2.10. The molecule has 0 fully saturated rings. The van der Waals surface area contributed by atoms with Gasteiger partial charge in [-0.3, -0.25) is 0 Å². The maximum atomic E-state index is 13.0. The van der Waals surface area contributed by atoms with Gasteiger partial charge in [0.2, 0.25) is 0 Å². The predicted octanol–water partition coefficient (Wildman–Crippen LogP) is 6.23. The zero-order chi connectivity index (χ0) is 17.8. The van der Waals surface area contributed by atoms with Crippen molar-refractivity contribution in [3.63, 3.8) is 0 Å². The number of hydrogen-bond acceptors (Lipinski definition) is 4. The highest BCUT2D eigenvalue weighted by molar-refractivity contribution is 7.11. The van der Waals surface area contributed by atoms with Gasteiger partial charge in [0.15, 0.2) is 0 Å². The third-order valence-electron chi connectivity index (χ3n) is 3.32. The van der Waals surface area contributed by atoms with E-state index in [0.717, 1.165) is 5.56 Å². The Bertz CT molecular complexity index is 975. The van der Waals surface area contributed by atoms with Crippen LogP contribution in [0.3, 0.4) is 0 Å². The first-order valence-electron chi connectivity index (χ1n) is 7.11. The van der Waals surface area contributed by atoms with Crippen LogP contribution in [-0.2, 0) is 0 Å². The van der Waals surface area contributed by atoms with E-state index in [9.17, 15) is 9.65 Å². The summed E-state index contributed by atoms with van der Waals surface area (Å²) in [6.45, 7) is 0. The lowest BCUT2D eigenvalue weighted by atomic mass is 10.2. The van der Waals surface area contributed by atoms with E-state index in [1.54, 1.807) is 30.3 Å². The Morgan fingerprint density at radius 3 is 2.68 bits per heavy atom.